The van der Waals surface area contributed by atoms with Gasteiger partial charge in [0.05, 0.1) is 18.9 Å². The van der Waals surface area contributed by atoms with Crippen molar-refractivity contribution in [2.45, 2.75) is 11.9 Å². The van der Waals surface area contributed by atoms with Crippen molar-refractivity contribution in [3.63, 3.8) is 0 Å². The third kappa shape index (κ3) is 4.71. The average molecular weight is 375 g/mol. The van der Waals surface area contributed by atoms with Crippen LogP contribution in [0.15, 0.2) is 29.3 Å². The first kappa shape index (κ1) is 18.2. The highest BCUT2D eigenvalue weighted by atomic mass is 35.5. The van der Waals surface area contributed by atoms with Crippen LogP contribution in [0.4, 0.5) is 0 Å². The predicted octanol–water partition coefficient (Wildman–Crippen LogP) is 3.40. The van der Waals surface area contributed by atoms with E-state index in [2.05, 4.69) is 20.9 Å². The molecular weight excluding hydrogens is 356 g/mol. The lowest BCUT2D eigenvalue weighted by molar-refractivity contribution is 0.0410. The third-order valence-electron chi connectivity index (χ3n) is 4.02. The molecule has 0 aliphatic carbocycles. The van der Waals surface area contributed by atoms with Crippen LogP contribution in [0.25, 0.3) is 11.4 Å². The molecule has 0 bridgehead atoms. The highest BCUT2D eigenvalue weighted by Crippen LogP contribution is 2.26. The van der Waals surface area contributed by atoms with Crippen LogP contribution in [0.2, 0.25) is 5.02 Å². The number of hydrogen-bond acceptors (Lipinski definition) is 6. The molecule has 0 radical (unpaired) electrons. The fraction of sp³-hybridized carbons (Fsp3) is 0.389. The van der Waals surface area contributed by atoms with Crippen LogP contribution in [-0.4, -0.2) is 53.5 Å². The Kier molecular flexibility index (Phi) is 6.27. The molecule has 2 heterocycles. The van der Waals surface area contributed by atoms with E-state index in [-0.39, 0.29) is 0 Å². The van der Waals surface area contributed by atoms with Gasteiger partial charge in [-0.1, -0.05) is 11.6 Å². The molecule has 1 aliphatic heterocycles. The number of thioether (sulfide) groups is 1. The first-order valence-electron chi connectivity index (χ1n) is 8.15. The zero-order chi connectivity index (χ0) is 17.6. The molecule has 0 N–H and O–H groups in total. The Labute approximate surface area is 157 Å². The summed E-state index contributed by atoms with van der Waals surface area (Å²) >= 11 is 7.56. The fourth-order valence-corrected chi connectivity index (χ4v) is 3.76. The molecule has 0 atom stereocenters. The van der Waals surface area contributed by atoms with Gasteiger partial charge in [-0.15, -0.1) is 11.8 Å². The Hall–Kier alpha value is -1.65. The average Bonchev–Trinajstić information content (AvgIpc) is 2.63. The second kappa shape index (κ2) is 8.63. The number of ether oxygens (including phenoxy) is 1. The van der Waals surface area contributed by atoms with Crippen LogP contribution in [0.3, 0.4) is 0 Å². The van der Waals surface area contributed by atoms with Gasteiger partial charge in [0.25, 0.3) is 0 Å². The van der Waals surface area contributed by atoms with Crippen molar-refractivity contribution in [1.82, 2.24) is 14.9 Å². The number of rotatable bonds is 5. The van der Waals surface area contributed by atoms with Crippen molar-refractivity contribution >= 4 is 23.4 Å². The van der Waals surface area contributed by atoms with Crippen LogP contribution in [0.1, 0.15) is 11.3 Å². The van der Waals surface area contributed by atoms with Crippen molar-refractivity contribution in [2.75, 3.05) is 38.6 Å². The van der Waals surface area contributed by atoms with Gasteiger partial charge in [-0.05, 0) is 31.2 Å². The highest BCUT2D eigenvalue weighted by Gasteiger charge is 2.15. The maximum absolute atomic E-state index is 9.46. The van der Waals surface area contributed by atoms with Crippen molar-refractivity contribution < 1.29 is 4.74 Å². The third-order valence-corrected chi connectivity index (χ3v) is 5.23. The first-order chi connectivity index (χ1) is 12.2. The number of aromatic nitrogens is 2. The SMILES string of the molecule is Cc1nc(-c2ccc(Cl)cc2)nc(SCCN2CCOCC2)c1C#N. The molecule has 1 aromatic carbocycles. The Bertz CT molecular complexity index is 770. The van der Waals surface area contributed by atoms with Crippen LogP contribution in [-0.2, 0) is 4.74 Å². The second-order valence-electron chi connectivity index (χ2n) is 5.73. The molecule has 2 aromatic rings. The van der Waals surface area contributed by atoms with Gasteiger partial charge in [-0.3, -0.25) is 4.90 Å². The lowest BCUT2D eigenvalue weighted by Gasteiger charge is -2.26. The van der Waals surface area contributed by atoms with E-state index in [1.54, 1.807) is 11.8 Å². The topological polar surface area (TPSA) is 62.0 Å². The van der Waals surface area contributed by atoms with Crippen molar-refractivity contribution in [2.24, 2.45) is 0 Å². The summed E-state index contributed by atoms with van der Waals surface area (Å²) in [6.45, 7) is 6.32. The van der Waals surface area contributed by atoms with Gasteiger partial charge in [0.1, 0.15) is 16.7 Å². The quantitative estimate of drug-likeness (QED) is 0.590. The van der Waals surface area contributed by atoms with Gasteiger partial charge >= 0.3 is 0 Å². The molecule has 1 saturated heterocycles. The molecule has 0 unspecified atom stereocenters. The number of nitriles is 1. The normalized spacial score (nSPS) is 15.1. The molecule has 1 aromatic heterocycles. The van der Waals surface area contributed by atoms with E-state index < -0.39 is 0 Å². The molecule has 0 saturated carbocycles. The van der Waals surface area contributed by atoms with Gasteiger partial charge in [0.15, 0.2) is 5.82 Å². The van der Waals surface area contributed by atoms with Crippen molar-refractivity contribution in [3.8, 4) is 17.5 Å². The zero-order valence-electron chi connectivity index (χ0n) is 14.0. The summed E-state index contributed by atoms with van der Waals surface area (Å²) in [5.74, 6) is 1.51. The number of nitrogens with zero attached hydrogens (tertiary/aromatic N) is 4. The number of aryl methyl sites for hydroxylation is 1. The van der Waals surface area contributed by atoms with E-state index in [0.29, 0.717) is 22.1 Å². The molecule has 5 nitrogen and oxygen atoms in total. The standard InChI is InChI=1S/C18H19ClN4OS/c1-13-16(12-20)18(25-11-8-23-6-9-24-10-7-23)22-17(21-13)14-2-4-15(19)5-3-14/h2-5H,6-11H2,1H3. The minimum atomic E-state index is 0.560. The summed E-state index contributed by atoms with van der Waals surface area (Å²) in [6.07, 6.45) is 0. The molecule has 130 valence electrons. The largest absolute Gasteiger partial charge is 0.379 e. The Morgan fingerprint density at radius 2 is 1.96 bits per heavy atom. The summed E-state index contributed by atoms with van der Waals surface area (Å²) in [5, 5.41) is 10.9. The molecule has 0 amide bonds. The summed E-state index contributed by atoms with van der Waals surface area (Å²) in [4.78, 5) is 11.5. The second-order valence-corrected chi connectivity index (χ2v) is 7.25. The Morgan fingerprint density at radius 3 is 2.64 bits per heavy atom. The molecule has 7 heteroatoms. The highest BCUT2D eigenvalue weighted by molar-refractivity contribution is 7.99. The molecular formula is C18H19ClN4OS. The summed E-state index contributed by atoms with van der Waals surface area (Å²) in [6, 6.07) is 9.66. The Morgan fingerprint density at radius 1 is 1.24 bits per heavy atom. The monoisotopic (exact) mass is 374 g/mol. The predicted molar refractivity (Wildman–Crippen MR) is 99.9 cm³/mol. The fourth-order valence-electron chi connectivity index (χ4n) is 2.60. The molecule has 3 rings (SSSR count). The van der Waals surface area contributed by atoms with Gasteiger partial charge in [-0.2, -0.15) is 5.26 Å². The van der Waals surface area contributed by atoms with E-state index in [1.807, 2.05) is 31.2 Å². The van der Waals surface area contributed by atoms with Gasteiger partial charge < -0.3 is 4.74 Å². The maximum Gasteiger partial charge on any atom is 0.160 e. The van der Waals surface area contributed by atoms with Crippen LogP contribution < -0.4 is 0 Å². The number of benzene rings is 1. The van der Waals surface area contributed by atoms with Crippen LogP contribution >= 0.6 is 23.4 Å². The number of morpholine rings is 1. The molecule has 1 aliphatic rings. The van der Waals surface area contributed by atoms with Gasteiger partial charge in [-0.25, -0.2) is 9.97 Å². The van der Waals surface area contributed by atoms with E-state index in [4.69, 9.17) is 16.3 Å². The first-order valence-corrected chi connectivity index (χ1v) is 9.51. The van der Waals surface area contributed by atoms with Crippen LogP contribution in [0.5, 0.6) is 0 Å². The number of halogens is 1. The van der Waals surface area contributed by atoms with E-state index in [1.165, 1.54) is 0 Å². The lowest BCUT2D eigenvalue weighted by Crippen LogP contribution is -2.37. The summed E-state index contributed by atoms with van der Waals surface area (Å²) in [7, 11) is 0. The van der Waals surface area contributed by atoms with Crippen LogP contribution in [0, 0.1) is 18.3 Å². The van der Waals surface area contributed by atoms with Gasteiger partial charge in [0, 0.05) is 36.0 Å². The Balaban J connectivity index is 1.76. The smallest absolute Gasteiger partial charge is 0.160 e. The van der Waals surface area contributed by atoms with Crippen molar-refractivity contribution in [1.29, 1.82) is 5.26 Å². The van der Waals surface area contributed by atoms with Crippen molar-refractivity contribution in [3.05, 3.63) is 40.5 Å². The minimum absolute atomic E-state index is 0.560. The number of hydrogen-bond donors (Lipinski definition) is 0. The van der Waals surface area contributed by atoms with E-state index in [9.17, 15) is 5.26 Å². The van der Waals surface area contributed by atoms with Gasteiger partial charge in [0.2, 0.25) is 0 Å². The lowest BCUT2D eigenvalue weighted by atomic mass is 10.2. The molecule has 0 spiro atoms. The summed E-state index contributed by atoms with van der Waals surface area (Å²) in [5.41, 5.74) is 2.16. The summed E-state index contributed by atoms with van der Waals surface area (Å²) < 4.78 is 5.37. The minimum Gasteiger partial charge on any atom is -0.379 e. The van der Waals surface area contributed by atoms with E-state index >= 15 is 0 Å². The molecule has 25 heavy (non-hydrogen) atoms. The van der Waals surface area contributed by atoms with E-state index in [0.717, 1.165) is 49.2 Å². The zero-order valence-corrected chi connectivity index (χ0v) is 15.6. The molecule has 1 fully saturated rings. The maximum atomic E-state index is 9.46.